The van der Waals surface area contributed by atoms with Crippen LogP contribution in [0.5, 0.6) is 0 Å². The van der Waals surface area contributed by atoms with Gasteiger partial charge in [-0.2, -0.15) is 0 Å². The van der Waals surface area contributed by atoms with Crippen molar-refractivity contribution in [2.45, 2.75) is 51.6 Å². The van der Waals surface area contributed by atoms with Gasteiger partial charge in [-0.3, -0.25) is 4.79 Å². The molecule has 92 valence electrons. The third-order valence-electron chi connectivity index (χ3n) is 3.51. The van der Waals surface area contributed by atoms with Crippen molar-refractivity contribution >= 4 is 5.97 Å². The summed E-state index contributed by atoms with van der Waals surface area (Å²) in [6.07, 6.45) is 2.91. The van der Waals surface area contributed by atoms with Crippen LogP contribution in [-0.4, -0.2) is 12.1 Å². The van der Waals surface area contributed by atoms with Crippen LogP contribution in [0.4, 0.5) is 0 Å². The van der Waals surface area contributed by atoms with Gasteiger partial charge in [0.2, 0.25) is 0 Å². The highest BCUT2D eigenvalue weighted by atomic mass is 16.5. The molecule has 17 heavy (non-hydrogen) atoms. The molecule has 1 aromatic carbocycles. The summed E-state index contributed by atoms with van der Waals surface area (Å²) in [6, 6.07) is 8.24. The number of hydrogen-bond donors (Lipinski definition) is 0. The summed E-state index contributed by atoms with van der Waals surface area (Å²) >= 11 is 0. The van der Waals surface area contributed by atoms with E-state index in [-0.39, 0.29) is 17.5 Å². The van der Waals surface area contributed by atoms with E-state index >= 15 is 0 Å². The molecule has 0 heterocycles. The summed E-state index contributed by atoms with van der Waals surface area (Å²) in [5.74, 6) is -0.0515. The summed E-state index contributed by atoms with van der Waals surface area (Å²) in [5, 5.41) is 0. The van der Waals surface area contributed by atoms with Crippen LogP contribution >= 0.6 is 0 Å². The van der Waals surface area contributed by atoms with Gasteiger partial charge in [0.25, 0.3) is 0 Å². The lowest BCUT2D eigenvalue weighted by atomic mass is 9.64. The third kappa shape index (κ3) is 2.21. The number of benzene rings is 1. The molecule has 0 amide bonds. The molecule has 1 aliphatic carbocycles. The van der Waals surface area contributed by atoms with Crippen molar-refractivity contribution < 1.29 is 9.53 Å². The highest BCUT2D eigenvalue weighted by molar-refractivity contribution is 5.84. The molecule has 2 heteroatoms. The molecule has 1 saturated carbocycles. The van der Waals surface area contributed by atoms with Gasteiger partial charge in [-0.25, -0.2) is 0 Å². The number of rotatable bonds is 3. The van der Waals surface area contributed by atoms with Crippen molar-refractivity contribution in [2.24, 2.45) is 0 Å². The topological polar surface area (TPSA) is 26.3 Å². The normalized spacial score (nSPS) is 17.6. The highest BCUT2D eigenvalue weighted by Gasteiger charge is 2.47. The van der Waals surface area contributed by atoms with E-state index in [2.05, 4.69) is 19.1 Å². The second-order valence-electron chi connectivity index (χ2n) is 5.26. The number of ether oxygens (including phenoxy) is 1. The fraction of sp³-hybridized carbons (Fsp3) is 0.533. The average molecular weight is 232 g/mol. The van der Waals surface area contributed by atoms with Crippen molar-refractivity contribution in [2.75, 3.05) is 0 Å². The van der Waals surface area contributed by atoms with Crippen molar-refractivity contribution in [3.63, 3.8) is 0 Å². The predicted molar refractivity (Wildman–Crippen MR) is 67.9 cm³/mol. The lowest BCUT2D eigenvalue weighted by molar-refractivity contribution is -0.158. The van der Waals surface area contributed by atoms with Crippen LogP contribution in [0.3, 0.4) is 0 Å². The van der Waals surface area contributed by atoms with Gasteiger partial charge in [-0.1, -0.05) is 36.2 Å². The van der Waals surface area contributed by atoms with Crippen LogP contribution in [0.15, 0.2) is 24.3 Å². The van der Waals surface area contributed by atoms with Crippen molar-refractivity contribution in [3.05, 3.63) is 35.4 Å². The maximum Gasteiger partial charge on any atom is 0.316 e. The Balaban J connectivity index is 2.28. The second-order valence-corrected chi connectivity index (χ2v) is 5.26. The largest absolute Gasteiger partial charge is 0.462 e. The number of hydrogen-bond acceptors (Lipinski definition) is 2. The molecule has 0 radical (unpaired) electrons. The first-order valence-corrected chi connectivity index (χ1v) is 6.33. The van der Waals surface area contributed by atoms with Gasteiger partial charge in [0.1, 0.15) is 0 Å². The maximum absolute atomic E-state index is 12.2. The first-order chi connectivity index (χ1) is 8.04. The molecule has 1 aliphatic rings. The summed E-state index contributed by atoms with van der Waals surface area (Å²) in [7, 11) is 0. The Morgan fingerprint density at radius 3 is 2.53 bits per heavy atom. The molecule has 0 unspecified atom stereocenters. The summed E-state index contributed by atoms with van der Waals surface area (Å²) < 4.78 is 5.41. The molecule has 2 nitrogen and oxygen atoms in total. The van der Waals surface area contributed by atoms with Gasteiger partial charge in [-0.05, 0) is 39.2 Å². The van der Waals surface area contributed by atoms with E-state index in [0.29, 0.717) is 0 Å². The number of esters is 1. The first-order valence-electron chi connectivity index (χ1n) is 6.33. The first kappa shape index (κ1) is 12.2. The van der Waals surface area contributed by atoms with E-state index < -0.39 is 0 Å². The minimum absolute atomic E-state index is 0.0372. The molecule has 0 aliphatic heterocycles. The summed E-state index contributed by atoms with van der Waals surface area (Å²) in [4.78, 5) is 12.2. The smallest absolute Gasteiger partial charge is 0.316 e. The number of carbonyl (C=O) groups is 1. The third-order valence-corrected chi connectivity index (χ3v) is 3.51. The molecule has 0 spiro atoms. The Bertz CT molecular complexity index is 417. The quantitative estimate of drug-likeness (QED) is 0.747. The Labute approximate surface area is 103 Å². The molecule has 0 aromatic heterocycles. The minimum Gasteiger partial charge on any atom is -0.462 e. The molecule has 1 fully saturated rings. The van der Waals surface area contributed by atoms with E-state index in [1.807, 2.05) is 26.0 Å². The number of carbonyl (C=O) groups excluding carboxylic acids is 1. The Hall–Kier alpha value is -1.31. The fourth-order valence-corrected chi connectivity index (χ4v) is 2.41. The van der Waals surface area contributed by atoms with Crippen LogP contribution in [0.25, 0.3) is 0 Å². The molecular formula is C15H20O2. The fourth-order valence-electron chi connectivity index (χ4n) is 2.41. The Kier molecular flexibility index (Phi) is 3.23. The molecule has 0 N–H and O–H groups in total. The van der Waals surface area contributed by atoms with Gasteiger partial charge in [0.15, 0.2) is 0 Å². The van der Waals surface area contributed by atoms with Gasteiger partial charge >= 0.3 is 5.97 Å². The molecule has 0 atom stereocenters. The SMILES string of the molecule is Cc1cccc(C2(C(=O)OC(C)C)CCC2)c1. The zero-order valence-electron chi connectivity index (χ0n) is 10.8. The van der Waals surface area contributed by atoms with E-state index in [4.69, 9.17) is 4.74 Å². The van der Waals surface area contributed by atoms with Crippen molar-refractivity contribution in [3.8, 4) is 0 Å². The van der Waals surface area contributed by atoms with Gasteiger partial charge < -0.3 is 4.74 Å². The summed E-state index contributed by atoms with van der Waals surface area (Å²) in [5.41, 5.74) is 1.96. The Morgan fingerprint density at radius 1 is 1.35 bits per heavy atom. The van der Waals surface area contributed by atoms with Crippen molar-refractivity contribution in [1.82, 2.24) is 0 Å². The zero-order chi connectivity index (χ0) is 12.5. The lowest BCUT2D eigenvalue weighted by Gasteiger charge is -2.40. The highest BCUT2D eigenvalue weighted by Crippen LogP contribution is 2.45. The molecule has 2 rings (SSSR count). The van der Waals surface area contributed by atoms with E-state index in [1.165, 1.54) is 5.56 Å². The molecular weight excluding hydrogens is 212 g/mol. The van der Waals surface area contributed by atoms with Crippen LogP contribution in [0.2, 0.25) is 0 Å². The molecule has 1 aromatic rings. The maximum atomic E-state index is 12.2. The predicted octanol–water partition coefficient (Wildman–Crippen LogP) is 3.37. The van der Waals surface area contributed by atoms with E-state index in [9.17, 15) is 4.79 Å². The monoisotopic (exact) mass is 232 g/mol. The second kappa shape index (κ2) is 4.52. The number of aryl methyl sites for hydroxylation is 1. The van der Waals surface area contributed by atoms with Gasteiger partial charge in [0.05, 0.1) is 11.5 Å². The molecule has 0 saturated heterocycles. The van der Waals surface area contributed by atoms with Crippen LogP contribution < -0.4 is 0 Å². The van der Waals surface area contributed by atoms with Gasteiger partial charge in [0, 0.05) is 0 Å². The van der Waals surface area contributed by atoms with Crippen LogP contribution in [0, 0.1) is 6.92 Å². The van der Waals surface area contributed by atoms with E-state index in [0.717, 1.165) is 24.8 Å². The van der Waals surface area contributed by atoms with E-state index in [1.54, 1.807) is 0 Å². The standard InChI is InChI=1S/C15H20O2/c1-11(2)17-14(16)15(8-5-9-15)13-7-4-6-12(3)10-13/h4,6-7,10-11H,5,8-9H2,1-3H3. The van der Waals surface area contributed by atoms with Crippen LogP contribution in [-0.2, 0) is 14.9 Å². The van der Waals surface area contributed by atoms with Gasteiger partial charge in [-0.15, -0.1) is 0 Å². The minimum atomic E-state index is -0.365. The van der Waals surface area contributed by atoms with Crippen molar-refractivity contribution in [1.29, 1.82) is 0 Å². The lowest BCUT2D eigenvalue weighted by Crippen LogP contribution is -2.44. The zero-order valence-corrected chi connectivity index (χ0v) is 10.8. The summed E-state index contributed by atoms with van der Waals surface area (Å²) in [6.45, 7) is 5.87. The molecule has 0 bridgehead atoms. The average Bonchev–Trinajstić information content (AvgIpc) is 2.14. The van der Waals surface area contributed by atoms with Crippen LogP contribution in [0.1, 0.15) is 44.2 Å². The Morgan fingerprint density at radius 2 is 2.06 bits per heavy atom.